The molecule has 1 atom stereocenters. The van der Waals surface area contributed by atoms with Gasteiger partial charge in [-0.05, 0) is 63.3 Å². The van der Waals surface area contributed by atoms with Gasteiger partial charge in [-0.15, -0.1) is 0 Å². The number of benzene rings is 1. The number of ether oxygens (including phenoxy) is 2. The zero-order valence-corrected chi connectivity index (χ0v) is 22.8. The van der Waals surface area contributed by atoms with E-state index < -0.39 is 18.5 Å². The average Bonchev–Trinajstić information content (AvgIpc) is 3.65. The third-order valence-corrected chi connectivity index (χ3v) is 7.64. The summed E-state index contributed by atoms with van der Waals surface area (Å²) in [7, 11) is 3.46. The molecule has 1 saturated heterocycles. The van der Waals surface area contributed by atoms with E-state index in [1.54, 1.807) is 17.9 Å². The van der Waals surface area contributed by atoms with Crippen molar-refractivity contribution in [1.29, 1.82) is 0 Å². The van der Waals surface area contributed by atoms with Crippen LogP contribution in [0.3, 0.4) is 0 Å². The maximum atomic E-state index is 14.3. The Kier molecular flexibility index (Phi) is 6.99. The lowest BCUT2D eigenvalue weighted by molar-refractivity contribution is -0.119. The topological polar surface area (TPSA) is 96.1 Å². The molecule has 1 saturated carbocycles. The Morgan fingerprint density at radius 1 is 1.15 bits per heavy atom. The Hall–Kier alpha value is -3.86. The molecule has 2 fully saturated rings. The smallest absolute Gasteiger partial charge is 0.295 e. The van der Waals surface area contributed by atoms with Crippen molar-refractivity contribution >= 4 is 28.3 Å². The molecule has 1 aromatic carbocycles. The van der Waals surface area contributed by atoms with Crippen LogP contribution < -0.4 is 10.1 Å². The molecular formula is C29H32F2N6O3. The first kappa shape index (κ1) is 26.4. The molecule has 0 spiro atoms. The Morgan fingerprint density at radius 3 is 2.62 bits per heavy atom. The molecule has 1 N–H and O–H groups in total. The summed E-state index contributed by atoms with van der Waals surface area (Å²) in [4.78, 5) is 21.8. The number of carbonyl (C=O) groups excluding carboxylic acids is 1. The van der Waals surface area contributed by atoms with Crippen molar-refractivity contribution in [2.45, 2.75) is 58.1 Å². The molecule has 1 unspecified atom stereocenters. The third kappa shape index (κ3) is 5.05. The maximum Gasteiger partial charge on any atom is 0.295 e. The summed E-state index contributed by atoms with van der Waals surface area (Å²) in [6.07, 6.45) is 0.811. The van der Waals surface area contributed by atoms with E-state index in [0.717, 1.165) is 42.6 Å². The third-order valence-electron chi connectivity index (χ3n) is 7.64. The van der Waals surface area contributed by atoms with E-state index in [0.29, 0.717) is 41.4 Å². The molecule has 4 aromatic rings. The number of fused-ring (bicyclic) bond motifs is 1. The van der Waals surface area contributed by atoms with Crippen LogP contribution in [0.15, 0.2) is 30.3 Å². The molecule has 2 aliphatic rings. The van der Waals surface area contributed by atoms with Gasteiger partial charge in [-0.1, -0.05) is 6.07 Å². The van der Waals surface area contributed by atoms with Crippen molar-refractivity contribution in [3.05, 3.63) is 47.5 Å². The molecule has 6 rings (SSSR count). The minimum atomic E-state index is -2.82. The number of imidazole rings is 1. The van der Waals surface area contributed by atoms with Gasteiger partial charge < -0.3 is 14.8 Å². The first-order chi connectivity index (χ1) is 19.3. The number of aryl methyl sites for hydroxylation is 2. The molecule has 4 heterocycles. The number of pyridine rings is 1. The Bertz CT molecular complexity index is 1550. The van der Waals surface area contributed by atoms with Crippen LogP contribution in [0.5, 0.6) is 5.75 Å². The van der Waals surface area contributed by atoms with Crippen molar-refractivity contribution in [3.63, 3.8) is 0 Å². The average molecular weight is 551 g/mol. The SMILES string of the molecule is COc1cc(-c2cc(C)n(C)n2)ccc1Nc1cc(CC(=O)C2CC2)nc2c1nc(C(F)F)n2C1CCCCO1. The molecule has 1 aliphatic heterocycles. The molecular weight excluding hydrogens is 518 g/mol. The highest BCUT2D eigenvalue weighted by molar-refractivity contribution is 5.92. The zero-order chi connectivity index (χ0) is 28.0. The lowest BCUT2D eigenvalue weighted by atomic mass is 10.1. The zero-order valence-electron chi connectivity index (χ0n) is 22.8. The fourth-order valence-electron chi connectivity index (χ4n) is 5.21. The van der Waals surface area contributed by atoms with E-state index in [2.05, 4.69) is 15.4 Å². The summed E-state index contributed by atoms with van der Waals surface area (Å²) in [5, 5.41) is 7.89. The Morgan fingerprint density at radius 2 is 1.98 bits per heavy atom. The van der Waals surface area contributed by atoms with Gasteiger partial charge in [0, 0.05) is 37.3 Å². The fourth-order valence-corrected chi connectivity index (χ4v) is 5.21. The normalized spacial score (nSPS) is 17.5. The first-order valence-electron chi connectivity index (χ1n) is 13.6. The highest BCUT2D eigenvalue weighted by Gasteiger charge is 2.32. The predicted octanol–water partition coefficient (Wildman–Crippen LogP) is 6.05. The number of methoxy groups -OCH3 is 1. The van der Waals surface area contributed by atoms with Crippen LogP contribution in [0.2, 0.25) is 0 Å². The number of rotatable bonds is 9. The number of hydrogen-bond donors (Lipinski definition) is 1. The minimum absolute atomic E-state index is 0.0555. The fraction of sp³-hybridized carbons (Fsp3) is 0.448. The number of halogens is 2. The van der Waals surface area contributed by atoms with Crippen LogP contribution in [0, 0.1) is 12.8 Å². The number of nitrogens with one attached hydrogen (secondary N) is 1. The van der Waals surface area contributed by atoms with Gasteiger partial charge in [0.25, 0.3) is 6.43 Å². The van der Waals surface area contributed by atoms with Crippen LogP contribution in [-0.4, -0.2) is 43.8 Å². The monoisotopic (exact) mass is 550 g/mol. The molecule has 0 radical (unpaired) electrons. The first-order valence-corrected chi connectivity index (χ1v) is 13.6. The second-order valence-electron chi connectivity index (χ2n) is 10.5. The van der Waals surface area contributed by atoms with Crippen molar-refractivity contribution in [2.75, 3.05) is 19.0 Å². The van der Waals surface area contributed by atoms with Crippen LogP contribution in [-0.2, 0) is 23.0 Å². The largest absolute Gasteiger partial charge is 0.495 e. The minimum Gasteiger partial charge on any atom is -0.495 e. The van der Waals surface area contributed by atoms with Crippen LogP contribution in [0.4, 0.5) is 20.2 Å². The van der Waals surface area contributed by atoms with Gasteiger partial charge in [-0.25, -0.2) is 18.7 Å². The Labute approximate surface area is 230 Å². The molecule has 40 heavy (non-hydrogen) atoms. The van der Waals surface area contributed by atoms with Crippen molar-refractivity contribution in [3.8, 4) is 17.0 Å². The Balaban J connectivity index is 1.45. The summed E-state index contributed by atoms with van der Waals surface area (Å²) in [5.41, 5.74) is 4.88. The highest BCUT2D eigenvalue weighted by Crippen LogP contribution is 2.38. The van der Waals surface area contributed by atoms with E-state index >= 15 is 0 Å². The summed E-state index contributed by atoms with van der Waals surface area (Å²) in [6.45, 7) is 2.46. The lowest BCUT2D eigenvalue weighted by Gasteiger charge is -2.25. The lowest BCUT2D eigenvalue weighted by Crippen LogP contribution is -2.21. The predicted molar refractivity (Wildman–Crippen MR) is 146 cm³/mol. The summed E-state index contributed by atoms with van der Waals surface area (Å²) in [5.74, 6) is 0.320. The number of ketones is 1. The van der Waals surface area contributed by atoms with Crippen molar-refractivity contribution in [2.24, 2.45) is 13.0 Å². The molecule has 3 aromatic heterocycles. The van der Waals surface area contributed by atoms with Crippen molar-refractivity contribution in [1.82, 2.24) is 24.3 Å². The summed E-state index contributed by atoms with van der Waals surface area (Å²) < 4.78 is 43.4. The van der Waals surface area contributed by atoms with Gasteiger partial charge in [-0.3, -0.25) is 14.0 Å². The second-order valence-corrected chi connectivity index (χ2v) is 10.5. The van der Waals surface area contributed by atoms with Crippen molar-refractivity contribution < 1.29 is 23.0 Å². The van der Waals surface area contributed by atoms with E-state index in [9.17, 15) is 13.6 Å². The highest BCUT2D eigenvalue weighted by atomic mass is 19.3. The number of nitrogens with zero attached hydrogens (tertiary/aromatic N) is 5. The second kappa shape index (κ2) is 10.6. The van der Waals surface area contributed by atoms with Gasteiger partial charge in [0.05, 0.1) is 29.9 Å². The van der Waals surface area contributed by atoms with Crippen LogP contribution >= 0.6 is 0 Å². The number of alkyl halides is 2. The summed E-state index contributed by atoms with van der Waals surface area (Å²) >= 11 is 0. The van der Waals surface area contributed by atoms with Gasteiger partial charge in [0.1, 0.15) is 23.3 Å². The van der Waals surface area contributed by atoms with Gasteiger partial charge in [0.15, 0.2) is 11.5 Å². The molecule has 0 amide bonds. The molecule has 0 bridgehead atoms. The number of aromatic nitrogens is 5. The van der Waals surface area contributed by atoms with Crippen LogP contribution in [0.1, 0.15) is 62.0 Å². The molecule has 9 nitrogen and oxygen atoms in total. The van der Waals surface area contributed by atoms with Gasteiger partial charge in [0.2, 0.25) is 0 Å². The maximum absolute atomic E-state index is 14.3. The van der Waals surface area contributed by atoms with E-state index in [-0.39, 0.29) is 23.8 Å². The van der Waals surface area contributed by atoms with Gasteiger partial charge >= 0.3 is 0 Å². The van der Waals surface area contributed by atoms with Gasteiger partial charge in [-0.2, -0.15) is 5.10 Å². The van der Waals surface area contributed by atoms with E-state index in [4.69, 9.17) is 14.5 Å². The quantitative estimate of drug-likeness (QED) is 0.271. The molecule has 1 aliphatic carbocycles. The number of hydrogen-bond acceptors (Lipinski definition) is 7. The van der Waals surface area contributed by atoms with Crippen LogP contribution in [0.25, 0.3) is 22.4 Å². The molecule has 11 heteroatoms. The number of carbonyl (C=O) groups is 1. The number of Topliss-reactive ketones (excluding diaryl/α,β-unsaturated/α-hetero) is 1. The number of anilines is 2. The molecule has 210 valence electrons. The summed E-state index contributed by atoms with van der Waals surface area (Å²) in [6, 6.07) is 9.37. The van der Waals surface area contributed by atoms with E-state index in [1.165, 1.54) is 4.57 Å². The van der Waals surface area contributed by atoms with E-state index in [1.807, 2.05) is 38.2 Å². The standard InChI is InChI=1S/C29H32F2N6O3/c1-16-12-21(35-36(16)2)18-9-10-20(24(13-18)39-3)33-22-14-19(15-23(38)17-7-8-17)32-28-26(22)34-29(27(30)31)37(28)25-6-4-5-11-40-25/h9-10,12-14,17,25,27H,4-8,11,15H2,1-3H3,(H,32,33).